The standard InChI is InChI=1S/C12H16/c1-2-7(3-1)10-6-11-8-4-5-9(8)12(10)11/h7,10-12H,1-6H2. The van der Waals surface area contributed by atoms with Crippen molar-refractivity contribution >= 4 is 0 Å². The number of fused-ring (bicyclic) bond motifs is 3. The van der Waals surface area contributed by atoms with E-state index in [0.29, 0.717) is 0 Å². The van der Waals surface area contributed by atoms with Crippen LogP contribution in [0.15, 0.2) is 11.1 Å². The van der Waals surface area contributed by atoms with E-state index in [0.717, 1.165) is 11.8 Å². The highest BCUT2D eigenvalue weighted by molar-refractivity contribution is 5.44. The van der Waals surface area contributed by atoms with Crippen LogP contribution in [0.2, 0.25) is 0 Å². The summed E-state index contributed by atoms with van der Waals surface area (Å²) in [6.07, 6.45) is 9.22. The van der Waals surface area contributed by atoms with Crippen molar-refractivity contribution in [1.29, 1.82) is 0 Å². The molecule has 4 aliphatic rings. The first-order valence-corrected chi connectivity index (χ1v) is 5.67. The molecule has 2 saturated carbocycles. The van der Waals surface area contributed by atoms with Crippen LogP contribution >= 0.6 is 0 Å². The Morgan fingerprint density at radius 2 is 1.83 bits per heavy atom. The zero-order chi connectivity index (χ0) is 7.71. The highest BCUT2D eigenvalue weighted by atomic mass is 14.6. The molecule has 0 amide bonds. The van der Waals surface area contributed by atoms with E-state index < -0.39 is 0 Å². The number of rotatable bonds is 1. The van der Waals surface area contributed by atoms with Crippen LogP contribution in [0.4, 0.5) is 0 Å². The number of hydrogen-bond donors (Lipinski definition) is 0. The van der Waals surface area contributed by atoms with Crippen molar-refractivity contribution in [3.63, 3.8) is 0 Å². The molecule has 0 heteroatoms. The van der Waals surface area contributed by atoms with Crippen LogP contribution in [0.5, 0.6) is 0 Å². The van der Waals surface area contributed by atoms with E-state index in [1.165, 1.54) is 31.1 Å². The van der Waals surface area contributed by atoms with E-state index in [1.807, 2.05) is 11.1 Å². The Balaban J connectivity index is 1.57. The third-order valence-corrected chi connectivity index (χ3v) is 5.10. The molecule has 0 aromatic rings. The molecule has 0 spiro atoms. The van der Waals surface area contributed by atoms with Crippen LogP contribution in [-0.4, -0.2) is 0 Å². The summed E-state index contributed by atoms with van der Waals surface area (Å²) in [5, 5.41) is 0. The average Bonchev–Trinajstić information content (AvgIpc) is 1.92. The van der Waals surface area contributed by atoms with Crippen LogP contribution in [0, 0.1) is 23.7 Å². The zero-order valence-corrected chi connectivity index (χ0v) is 7.55. The maximum absolute atomic E-state index is 1.93. The topological polar surface area (TPSA) is 0 Å². The second-order valence-corrected chi connectivity index (χ2v) is 5.27. The molecule has 0 N–H and O–H groups in total. The van der Waals surface area contributed by atoms with Crippen LogP contribution in [0.3, 0.4) is 0 Å². The lowest BCUT2D eigenvalue weighted by atomic mass is 9.41. The Morgan fingerprint density at radius 3 is 2.33 bits per heavy atom. The van der Waals surface area contributed by atoms with Crippen molar-refractivity contribution in [2.24, 2.45) is 23.7 Å². The lowest BCUT2D eigenvalue weighted by Gasteiger charge is -2.63. The molecule has 3 unspecified atom stereocenters. The summed E-state index contributed by atoms with van der Waals surface area (Å²) >= 11 is 0. The molecule has 0 bridgehead atoms. The van der Waals surface area contributed by atoms with Gasteiger partial charge in [-0.1, -0.05) is 30.4 Å². The van der Waals surface area contributed by atoms with Crippen LogP contribution in [-0.2, 0) is 0 Å². The first kappa shape index (κ1) is 6.23. The summed E-state index contributed by atoms with van der Waals surface area (Å²) < 4.78 is 0. The quantitative estimate of drug-likeness (QED) is 0.517. The Bertz CT molecular complexity index is 270. The van der Waals surface area contributed by atoms with Crippen LogP contribution in [0.25, 0.3) is 0 Å². The van der Waals surface area contributed by atoms with Gasteiger partial charge in [0.25, 0.3) is 0 Å². The van der Waals surface area contributed by atoms with Crippen LogP contribution in [0.1, 0.15) is 38.5 Å². The van der Waals surface area contributed by atoms with Crippen molar-refractivity contribution in [3.05, 3.63) is 11.1 Å². The molecule has 0 radical (unpaired) electrons. The fourth-order valence-corrected chi connectivity index (χ4v) is 4.02. The average molecular weight is 160 g/mol. The van der Waals surface area contributed by atoms with Crippen molar-refractivity contribution in [1.82, 2.24) is 0 Å². The van der Waals surface area contributed by atoms with Gasteiger partial charge in [0.05, 0.1) is 0 Å². The van der Waals surface area contributed by atoms with Gasteiger partial charge < -0.3 is 0 Å². The van der Waals surface area contributed by atoms with E-state index in [-0.39, 0.29) is 0 Å². The minimum atomic E-state index is 1.12. The molecule has 12 heavy (non-hydrogen) atoms. The van der Waals surface area contributed by atoms with Gasteiger partial charge in [-0.05, 0) is 42.9 Å². The lowest BCUT2D eigenvalue weighted by molar-refractivity contribution is -0.00848. The Kier molecular flexibility index (Phi) is 0.939. The van der Waals surface area contributed by atoms with Gasteiger partial charge in [-0.25, -0.2) is 0 Å². The number of allylic oxidation sites excluding steroid dienone is 2. The summed E-state index contributed by atoms with van der Waals surface area (Å²) in [4.78, 5) is 0. The van der Waals surface area contributed by atoms with Gasteiger partial charge in [-0.3, -0.25) is 0 Å². The van der Waals surface area contributed by atoms with Gasteiger partial charge in [0.15, 0.2) is 0 Å². The third kappa shape index (κ3) is 0.496. The zero-order valence-electron chi connectivity index (χ0n) is 7.55. The summed E-state index contributed by atoms with van der Waals surface area (Å²) in [6.45, 7) is 0. The molecule has 4 aliphatic carbocycles. The van der Waals surface area contributed by atoms with Gasteiger partial charge in [-0.2, -0.15) is 0 Å². The maximum atomic E-state index is 1.93. The molecule has 2 fully saturated rings. The fraction of sp³-hybridized carbons (Fsp3) is 0.833. The first-order chi connectivity index (χ1) is 5.95. The highest BCUT2D eigenvalue weighted by Gasteiger charge is 2.57. The molecule has 3 atom stereocenters. The smallest absolute Gasteiger partial charge is 0.0103 e. The van der Waals surface area contributed by atoms with E-state index in [1.54, 1.807) is 19.3 Å². The van der Waals surface area contributed by atoms with Gasteiger partial charge >= 0.3 is 0 Å². The maximum Gasteiger partial charge on any atom is -0.0103 e. The highest BCUT2D eigenvalue weighted by Crippen LogP contribution is 2.68. The molecule has 0 aromatic carbocycles. The van der Waals surface area contributed by atoms with Gasteiger partial charge in [0.1, 0.15) is 0 Å². The largest absolute Gasteiger partial charge is 0.0666 e. The van der Waals surface area contributed by atoms with Gasteiger partial charge in [0.2, 0.25) is 0 Å². The second kappa shape index (κ2) is 1.81. The lowest BCUT2D eigenvalue weighted by Crippen LogP contribution is -2.54. The fourth-order valence-electron chi connectivity index (χ4n) is 4.02. The Hall–Kier alpha value is -0.260. The van der Waals surface area contributed by atoms with E-state index in [2.05, 4.69) is 0 Å². The minimum Gasteiger partial charge on any atom is -0.0666 e. The molecule has 64 valence electrons. The summed E-state index contributed by atoms with van der Waals surface area (Å²) in [5.74, 6) is 4.60. The Morgan fingerprint density at radius 1 is 1.00 bits per heavy atom. The monoisotopic (exact) mass is 160 g/mol. The first-order valence-electron chi connectivity index (χ1n) is 5.67. The number of hydrogen-bond acceptors (Lipinski definition) is 0. The molecule has 0 saturated heterocycles. The van der Waals surface area contributed by atoms with Crippen LogP contribution < -0.4 is 0 Å². The van der Waals surface area contributed by atoms with Crippen molar-refractivity contribution in [2.75, 3.05) is 0 Å². The van der Waals surface area contributed by atoms with Gasteiger partial charge in [-0.15, -0.1) is 0 Å². The van der Waals surface area contributed by atoms with E-state index in [9.17, 15) is 0 Å². The second-order valence-electron chi connectivity index (χ2n) is 5.27. The van der Waals surface area contributed by atoms with Crippen molar-refractivity contribution in [3.8, 4) is 0 Å². The summed E-state index contributed by atoms with van der Waals surface area (Å²) in [5.41, 5.74) is 3.85. The Labute approximate surface area is 74.0 Å². The van der Waals surface area contributed by atoms with Crippen molar-refractivity contribution in [2.45, 2.75) is 38.5 Å². The third-order valence-electron chi connectivity index (χ3n) is 5.10. The predicted molar refractivity (Wildman–Crippen MR) is 48.7 cm³/mol. The predicted octanol–water partition coefficient (Wildman–Crippen LogP) is 3.14. The molecule has 0 heterocycles. The SMILES string of the molecule is C1CC(C2CC3C4=C(CC4)C32)C1. The minimum absolute atomic E-state index is 1.12. The molecular weight excluding hydrogens is 144 g/mol. The molecule has 0 aromatic heterocycles. The molecule has 4 rings (SSSR count). The van der Waals surface area contributed by atoms with Crippen molar-refractivity contribution < 1.29 is 0 Å². The molecule has 0 nitrogen and oxygen atoms in total. The molecule has 0 aliphatic heterocycles. The summed E-state index contributed by atoms with van der Waals surface area (Å²) in [7, 11) is 0. The van der Waals surface area contributed by atoms with E-state index >= 15 is 0 Å². The van der Waals surface area contributed by atoms with Gasteiger partial charge in [0, 0.05) is 0 Å². The summed E-state index contributed by atoms with van der Waals surface area (Å²) in [6, 6.07) is 0. The van der Waals surface area contributed by atoms with E-state index in [4.69, 9.17) is 0 Å². The normalized spacial score (nSPS) is 49.5. The molecular formula is C12H16.